The SMILES string of the molecule is CCOP(=O)(CCC(=O)c1nc2ccccc2n(C)c1=O)OCC. The normalized spacial score (nSPS) is 11.8. The van der Waals surface area contributed by atoms with Gasteiger partial charge in [-0.2, -0.15) is 0 Å². The van der Waals surface area contributed by atoms with Gasteiger partial charge >= 0.3 is 7.60 Å². The quantitative estimate of drug-likeness (QED) is 0.536. The predicted molar refractivity (Wildman–Crippen MR) is 91.7 cm³/mol. The first-order chi connectivity index (χ1) is 11.4. The van der Waals surface area contributed by atoms with Gasteiger partial charge in [-0.1, -0.05) is 12.1 Å². The van der Waals surface area contributed by atoms with Crippen molar-refractivity contribution in [2.75, 3.05) is 19.4 Å². The minimum absolute atomic E-state index is 0.0782. The molecule has 2 aromatic rings. The van der Waals surface area contributed by atoms with Gasteiger partial charge in [0.05, 0.1) is 30.4 Å². The number of rotatable bonds is 8. The van der Waals surface area contributed by atoms with E-state index in [-0.39, 0.29) is 31.5 Å². The van der Waals surface area contributed by atoms with Crippen LogP contribution < -0.4 is 5.56 Å². The fourth-order valence-corrected chi connectivity index (χ4v) is 3.97. The molecule has 24 heavy (non-hydrogen) atoms. The highest BCUT2D eigenvalue weighted by Gasteiger charge is 2.26. The lowest BCUT2D eigenvalue weighted by Gasteiger charge is -2.16. The van der Waals surface area contributed by atoms with E-state index in [1.807, 2.05) is 0 Å². The molecule has 0 fully saturated rings. The Hall–Kier alpha value is -1.82. The third-order valence-corrected chi connectivity index (χ3v) is 5.59. The zero-order chi connectivity index (χ0) is 17.7. The molecule has 130 valence electrons. The van der Waals surface area contributed by atoms with Gasteiger partial charge in [-0.05, 0) is 26.0 Å². The number of hydrogen-bond donors (Lipinski definition) is 0. The van der Waals surface area contributed by atoms with Crippen LogP contribution >= 0.6 is 7.60 Å². The number of carbonyl (C=O) groups is 1. The Bertz CT molecular complexity index is 836. The van der Waals surface area contributed by atoms with Gasteiger partial charge in [-0.25, -0.2) is 4.98 Å². The zero-order valence-corrected chi connectivity index (χ0v) is 14.9. The molecule has 0 bridgehead atoms. The lowest BCUT2D eigenvalue weighted by atomic mass is 10.2. The monoisotopic (exact) mass is 352 g/mol. The molecule has 7 nitrogen and oxygen atoms in total. The fourth-order valence-electron chi connectivity index (χ4n) is 2.38. The van der Waals surface area contributed by atoms with Crippen molar-refractivity contribution in [3.05, 3.63) is 40.3 Å². The average molecular weight is 352 g/mol. The van der Waals surface area contributed by atoms with Crippen molar-refractivity contribution >= 4 is 24.4 Å². The number of para-hydroxylation sites is 2. The van der Waals surface area contributed by atoms with Gasteiger partial charge in [0.25, 0.3) is 5.56 Å². The number of ketones is 1. The van der Waals surface area contributed by atoms with Crippen LogP contribution in [0.1, 0.15) is 30.8 Å². The molecule has 0 saturated carbocycles. The Morgan fingerprint density at radius 3 is 2.46 bits per heavy atom. The molecule has 0 aliphatic rings. The molecular formula is C16H21N2O5P. The Balaban J connectivity index is 2.27. The first kappa shape index (κ1) is 18.5. The molecule has 0 atom stereocenters. The molecule has 1 aromatic carbocycles. The highest BCUT2D eigenvalue weighted by molar-refractivity contribution is 7.53. The van der Waals surface area contributed by atoms with Crippen LogP contribution in [0.15, 0.2) is 29.1 Å². The number of hydrogen-bond acceptors (Lipinski definition) is 6. The summed E-state index contributed by atoms with van der Waals surface area (Å²) in [7, 11) is -1.73. The largest absolute Gasteiger partial charge is 0.331 e. The second kappa shape index (κ2) is 7.83. The molecule has 0 amide bonds. The Labute approximate surface area is 140 Å². The summed E-state index contributed by atoms with van der Waals surface area (Å²) in [6.45, 7) is 3.85. The van der Waals surface area contributed by atoms with E-state index in [1.165, 1.54) is 4.57 Å². The topological polar surface area (TPSA) is 87.5 Å². The molecular weight excluding hydrogens is 331 g/mol. The maximum absolute atomic E-state index is 12.4. The number of aromatic nitrogens is 2. The maximum Gasteiger partial charge on any atom is 0.331 e. The minimum Gasteiger partial charge on any atom is -0.309 e. The summed E-state index contributed by atoms with van der Waals surface area (Å²) in [5, 5.41) is 0. The zero-order valence-electron chi connectivity index (χ0n) is 14.0. The summed E-state index contributed by atoms with van der Waals surface area (Å²) < 4.78 is 24.1. The number of aryl methyl sites for hydroxylation is 1. The Morgan fingerprint density at radius 2 is 1.83 bits per heavy atom. The molecule has 0 aliphatic heterocycles. The van der Waals surface area contributed by atoms with E-state index in [1.54, 1.807) is 45.2 Å². The second-order valence-corrected chi connectivity index (χ2v) is 7.34. The van der Waals surface area contributed by atoms with Gasteiger partial charge < -0.3 is 13.6 Å². The Morgan fingerprint density at radius 1 is 1.21 bits per heavy atom. The van der Waals surface area contributed by atoms with E-state index in [9.17, 15) is 14.2 Å². The van der Waals surface area contributed by atoms with Crippen LogP contribution in [0.2, 0.25) is 0 Å². The molecule has 0 unspecified atom stereocenters. The number of Topliss-reactive ketones (excluding diaryl/α,β-unsaturated/α-hetero) is 1. The van der Waals surface area contributed by atoms with Gasteiger partial charge in [-0.3, -0.25) is 14.2 Å². The van der Waals surface area contributed by atoms with E-state index in [0.717, 1.165) is 0 Å². The van der Waals surface area contributed by atoms with E-state index in [0.29, 0.717) is 11.0 Å². The van der Waals surface area contributed by atoms with E-state index in [2.05, 4.69) is 4.98 Å². The summed E-state index contributed by atoms with van der Waals surface area (Å²) >= 11 is 0. The third-order valence-electron chi connectivity index (χ3n) is 3.51. The predicted octanol–water partition coefficient (Wildman–Crippen LogP) is 2.77. The number of carbonyl (C=O) groups excluding carboxylic acids is 1. The standard InChI is InChI=1S/C16H21N2O5P/c1-4-22-24(21,23-5-2)11-10-14(19)15-16(20)18(3)13-9-7-6-8-12(13)17-15/h6-9H,4-5,10-11H2,1-3H3. The van der Waals surface area contributed by atoms with Crippen molar-refractivity contribution in [2.24, 2.45) is 7.05 Å². The van der Waals surface area contributed by atoms with Crippen LogP contribution in [0.5, 0.6) is 0 Å². The smallest absolute Gasteiger partial charge is 0.309 e. The van der Waals surface area contributed by atoms with Gasteiger partial charge in [0, 0.05) is 13.5 Å². The maximum atomic E-state index is 12.4. The molecule has 0 radical (unpaired) electrons. The fraction of sp³-hybridized carbons (Fsp3) is 0.438. The first-order valence-corrected chi connectivity index (χ1v) is 9.51. The molecule has 0 aliphatic carbocycles. The number of fused-ring (bicyclic) bond motifs is 1. The second-order valence-electron chi connectivity index (χ2n) is 5.16. The van der Waals surface area contributed by atoms with Crippen LogP contribution in [-0.2, 0) is 20.7 Å². The third kappa shape index (κ3) is 3.98. The highest BCUT2D eigenvalue weighted by Crippen LogP contribution is 2.48. The van der Waals surface area contributed by atoms with Gasteiger partial charge in [-0.15, -0.1) is 0 Å². The molecule has 1 aromatic heterocycles. The van der Waals surface area contributed by atoms with E-state index in [4.69, 9.17) is 9.05 Å². The molecule has 2 rings (SSSR count). The van der Waals surface area contributed by atoms with Crippen LogP contribution in [-0.4, -0.2) is 34.7 Å². The summed E-state index contributed by atoms with van der Waals surface area (Å²) in [4.78, 5) is 28.9. The summed E-state index contributed by atoms with van der Waals surface area (Å²) in [5.74, 6) is -0.471. The Kier molecular flexibility index (Phi) is 6.04. The highest BCUT2D eigenvalue weighted by atomic mass is 31.2. The summed E-state index contributed by atoms with van der Waals surface area (Å²) in [6, 6.07) is 7.07. The summed E-state index contributed by atoms with van der Waals surface area (Å²) in [6.07, 6.45) is -0.205. The first-order valence-electron chi connectivity index (χ1n) is 7.79. The summed E-state index contributed by atoms with van der Waals surface area (Å²) in [5.41, 5.74) is 0.575. The van der Waals surface area contributed by atoms with Crippen molar-refractivity contribution in [3.8, 4) is 0 Å². The molecule has 0 N–H and O–H groups in total. The van der Waals surface area contributed by atoms with Crippen LogP contribution in [0.3, 0.4) is 0 Å². The van der Waals surface area contributed by atoms with Gasteiger partial charge in [0.2, 0.25) is 0 Å². The van der Waals surface area contributed by atoms with Crippen molar-refractivity contribution in [1.29, 1.82) is 0 Å². The lowest BCUT2D eigenvalue weighted by Crippen LogP contribution is -2.27. The van der Waals surface area contributed by atoms with Crippen molar-refractivity contribution in [1.82, 2.24) is 9.55 Å². The van der Waals surface area contributed by atoms with Crippen LogP contribution in [0.4, 0.5) is 0 Å². The average Bonchev–Trinajstić information content (AvgIpc) is 2.56. The van der Waals surface area contributed by atoms with Crippen molar-refractivity contribution in [2.45, 2.75) is 20.3 Å². The van der Waals surface area contributed by atoms with Gasteiger partial charge in [0.1, 0.15) is 0 Å². The molecule has 1 heterocycles. The number of benzene rings is 1. The molecule has 0 saturated heterocycles. The molecule has 8 heteroatoms. The van der Waals surface area contributed by atoms with E-state index >= 15 is 0 Å². The van der Waals surface area contributed by atoms with Crippen LogP contribution in [0, 0.1) is 0 Å². The van der Waals surface area contributed by atoms with Crippen molar-refractivity contribution in [3.63, 3.8) is 0 Å². The number of nitrogens with zero attached hydrogens (tertiary/aromatic N) is 2. The minimum atomic E-state index is -3.33. The lowest BCUT2D eigenvalue weighted by molar-refractivity contribution is 0.0978. The van der Waals surface area contributed by atoms with Crippen LogP contribution in [0.25, 0.3) is 11.0 Å². The van der Waals surface area contributed by atoms with Gasteiger partial charge in [0.15, 0.2) is 11.5 Å². The molecule has 0 spiro atoms. The van der Waals surface area contributed by atoms with Crippen molar-refractivity contribution < 1.29 is 18.4 Å². The van der Waals surface area contributed by atoms with E-state index < -0.39 is 18.9 Å².